The van der Waals surface area contributed by atoms with E-state index in [0.717, 1.165) is 6.54 Å². The van der Waals surface area contributed by atoms with Gasteiger partial charge in [0.2, 0.25) is 0 Å². The predicted molar refractivity (Wildman–Crippen MR) is 35.1 cm³/mol. The first-order chi connectivity index (χ1) is 4.36. The van der Waals surface area contributed by atoms with E-state index < -0.39 is 0 Å². The largest absolute Gasteiger partial charge is 0.359 e. The van der Waals surface area contributed by atoms with E-state index in [1.165, 1.54) is 19.3 Å². The summed E-state index contributed by atoms with van der Waals surface area (Å²) < 4.78 is 5.64. The summed E-state index contributed by atoms with van der Waals surface area (Å²) in [5.74, 6) is 0. The zero-order chi connectivity index (χ0) is 6.27. The van der Waals surface area contributed by atoms with Crippen LogP contribution in [-0.4, -0.2) is 30.8 Å². The summed E-state index contributed by atoms with van der Waals surface area (Å²) in [6.45, 7) is 1.16. The zero-order valence-electron chi connectivity index (χ0n) is 5.84. The molecule has 2 nitrogen and oxygen atoms in total. The van der Waals surface area contributed by atoms with Crippen molar-refractivity contribution >= 4 is 0 Å². The number of hydrogen-bond donors (Lipinski definition) is 0. The lowest BCUT2D eigenvalue weighted by atomic mass is 10.1. The van der Waals surface area contributed by atoms with Crippen LogP contribution in [0, 0.1) is 0 Å². The summed E-state index contributed by atoms with van der Waals surface area (Å²) in [6, 6.07) is 0. The van der Waals surface area contributed by atoms with E-state index in [1.807, 2.05) is 0 Å². The van der Waals surface area contributed by atoms with Crippen LogP contribution in [0.15, 0.2) is 0 Å². The smallest absolute Gasteiger partial charge is 0.110 e. The molecule has 0 saturated carbocycles. The summed E-state index contributed by atoms with van der Waals surface area (Å²) >= 11 is 0. The molecule has 2 bridgehead atoms. The summed E-state index contributed by atoms with van der Waals surface area (Å²) in [6.07, 6.45) is 4.91. The number of ether oxygens (including phenoxy) is 1. The molecule has 2 unspecified atom stereocenters. The molecule has 0 N–H and O–H groups in total. The molecule has 0 aromatic rings. The zero-order valence-corrected chi connectivity index (χ0v) is 5.84. The lowest BCUT2D eigenvalue weighted by molar-refractivity contribution is -0.0269. The normalized spacial score (nSPS) is 43.7. The molecule has 52 valence electrons. The average molecular weight is 127 g/mol. The fourth-order valence-corrected chi connectivity index (χ4v) is 1.78. The molecule has 0 spiro atoms. The summed E-state index contributed by atoms with van der Waals surface area (Å²) in [4.78, 5) is 2.32. The van der Waals surface area contributed by atoms with Gasteiger partial charge in [0.25, 0.3) is 0 Å². The monoisotopic (exact) mass is 127 g/mol. The van der Waals surface area contributed by atoms with E-state index in [0.29, 0.717) is 12.3 Å². The van der Waals surface area contributed by atoms with Gasteiger partial charge < -0.3 is 4.74 Å². The van der Waals surface area contributed by atoms with Crippen molar-refractivity contribution in [1.82, 2.24) is 4.90 Å². The molecule has 2 saturated heterocycles. The summed E-state index contributed by atoms with van der Waals surface area (Å²) in [5, 5.41) is 0. The fraction of sp³-hybridized carbons (Fsp3) is 1.00. The van der Waals surface area contributed by atoms with Crippen molar-refractivity contribution in [1.29, 1.82) is 0 Å². The second kappa shape index (κ2) is 1.96. The van der Waals surface area contributed by atoms with Crippen LogP contribution in [-0.2, 0) is 4.74 Å². The van der Waals surface area contributed by atoms with E-state index in [-0.39, 0.29) is 0 Å². The molecule has 2 aliphatic heterocycles. The first kappa shape index (κ1) is 5.69. The quantitative estimate of drug-likeness (QED) is 0.478. The Labute approximate surface area is 55.8 Å². The highest BCUT2D eigenvalue weighted by Gasteiger charge is 2.33. The van der Waals surface area contributed by atoms with Crippen LogP contribution in [0.25, 0.3) is 0 Å². The van der Waals surface area contributed by atoms with Crippen LogP contribution in [0.5, 0.6) is 0 Å². The van der Waals surface area contributed by atoms with Gasteiger partial charge in [-0.1, -0.05) is 0 Å². The van der Waals surface area contributed by atoms with Crippen LogP contribution < -0.4 is 0 Å². The Kier molecular flexibility index (Phi) is 1.24. The highest BCUT2D eigenvalue weighted by Crippen LogP contribution is 2.27. The van der Waals surface area contributed by atoms with Gasteiger partial charge in [0.1, 0.15) is 6.23 Å². The molecule has 0 amide bonds. The van der Waals surface area contributed by atoms with E-state index in [1.54, 1.807) is 0 Å². The SMILES string of the molecule is CN1CC2CCCC1O2. The van der Waals surface area contributed by atoms with Crippen LogP contribution in [0.2, 0.25) is 0 Å². The van der Waals surface area contributed by atoms with Gasteiger partial charge in [-0.05, 0) is 26.3 Å². The Morgan fingerprint density at radius 2 is 2.33 bits per heavy atom. The number of nitrogens with zero attached hydrogens (tertiary/aromatic N) is 1. The fourth-order valence-electron chi connectivity index (χ4n) is 1.78. The predicted octanol–water partition coefficient (Wildman–Crippen LogP) is 0.827. The molecular formula is C7H13NO. The molecule has 9 heavy (non-hydrogen) atoms. The topological polar surface area (TPSA) is 12.5 Å². The van der Waals surface area contributed by atoms with Gasteiger partial charge in [0.05, 0.1) is 6.10 Å². The molecule has 2 heterocycles. The number of likely N-dealkylation sites (N-methyl/N-ethyl adjacent to an activating group) is 1. The Bertz CT molecular complexity index is 113. The van der Waals surface area contributed by atoms with Crippen LogP contribution in [0.4, 0.5) is 0 Å². The lowest BCUT2D eigenvalue weighted by Gasteiger charge is -2.20. The van der Waals surface area contributed by atoms with Crippen molar-refractivity contribution in [3.8, 4) is 0 Å². The first-order valence-electron chi connectivity index (χ1n) is 3.72. The number of rotatable bonds is 0. The van der Waals surface area contributed by atoms with Gasteiger partial charge in [-0.2, -0.15) is 0 Å². The second-order valence-corrected chi connectivity index (χ2v) is 3.08. The van der Waals surface area contributed by atoms with Crippen molar-refractivity contribution in [2.75, 3.05) is 13.6 Å². The Morgan fingerprint density at radius 3 is 3.00 bits per heavy atom. The van der Waals surface area contributed by atoms with Crippen molar-refractivity contribution in [3.05, 3.63) is 0 Å². The van der Waals surface area contributed by atoms with Gasteiger partial charge in [0, 0.05) is 6.54 Å². The highest BCUT2D eigenvalue weighted by molar-refractivity contribution is 4.80. The number of likely N-dealkylation sites (tertiary alicyclic amines) is 1. The third-order valence-electron chi connectivity index (χ3n) is 2.31. The number of fused-ring (bicyclic) bond motifs is 2. The molecule has 2 fully saturated rings. The van der Waals surface area contributed by atoms with Gasteiger partial charge in [-0.3, -0.25) is 4.90 Å². The maximum atomic E-state index is 5.64. The molecule has 0 aromatic carbocycles. The Morgan fingerprint density at radius 1 is 1.44 bits per heavy atom. The van der Waals surface area contributed by atoms with Gasteiger partial charge in [-0.15, -0.1) is 0 Å². The van der Waals surface area contributed by atoms with Crippen molar-refractivity contribution in [2.24, 2.45) is 0 Å². The third kappa shape index (κ3) is 0.864. The van der Waals surface area contributed by atoms with E-state index >= 15 is 0 Å². The Hall–Kier alpha value is -0.0800. The third-order valence-corrected chi connectivity index (χ3v) is 2.31. The minimum Gasteiger partial charge on any atom is -0.359 e. The van der Waals surface area contributed by atoms with Crippen LogP contribution >= 0.6 is 0 Å². The van der Waals surface area contributed by atoms with E-state index in [4.69, 9.17) is 4.74 Å². The van der Waals surface area contributed by atoms with E-state index in [9.17, 15) is 0 Å². The Balaban J connectivity index is 2.07. The minimum absolute atomic E-state index is 0.462. The van der Waals surface area contributed by atoms with Crippen molar-refractivity contribution in [3.63, 3.8) is 0 Å². The molecule has 2 heteroatoms. The maximum absolute atomic E-state index is 5.64. The van der Waals surface area contributed by atoms with Gasteiger partial charge in [0.15, 0.2) is 0 Å². The van der Waals surface area contributed by atoms with Gasteiger partial charge in [-0.25, -0.2) is 0 Å². The molecule has 0 aromatic heterocycles. The second-order valence-electron chi connectivity index (χ2n) is 3.08. The molecule has 0 aliphatic carbocycles. The minimum atomic E-state index is 0.462. The molecule has 2 rings (SSSR count). The van der Waals surface area contributed by atoms with Crippen molar-refractivity contribution in [2.45, 2.75) is 31.6 Å². The summed E-state index contributed by atoms with van der Waals surface area (Å²) in [7, 11) is 2.15. The maximum Gasteiger partial charge on any atom is 0.110 e. The number of hydrogen-bond acceptors (Lipinski definition) is 2. The average Bonchev–Trinajstić information content (AvgIpc) is 2.09. The first-order valence-corrected chi connectivity index (χ1v) is 3.72. The molecule has 2 aliphatic rings. The molecular weight excluding hydrogens is 114 g/mol. The van der Waals surface area contributed by atoms with Crippen molar-refractivity contribution < 1.29 is 4.74 Å². The highest BCUT2D eigenvalue weighted by atomic mass is 16.5. The standard InChI is InChI=1S/C7H13NO/c1-8-5-6-3-2-4-7(8)9-6/h6-7H,2-5H2,1H3. The van der Waals surface area contributed by atoms with Gasteiger partial charge >= 0.3 is 0 Å². The van der Waals surface area contributed by atoms with Crippen LogP contribution in [0.3, 0.4) is 0 Å². The molecule has 2 atom stereocenters. The summed E-state index contributed by atoms with van der Waals surface area (Å²) in [5.41, 5.74) is 0. The van der Waals surface area contributed by atoms with Crippen LogP contribution in [0.1, 0.15) is 19.3 Å². The molecule has 0 radical (unpaired) electrons. The lowest BCUT2D eigenvalue weighted by Crippen LogP contribution is -2.25. The van der Waals surface area contributed by atoms with E-state index in [2.05, 4.69) is 11.9 Å².